The van der Waals surface area contributed by atoms with E-state index in [2.05, 4.69) is 35.7 Å². The summed E-state index contributed by atoms with van der Waals surface area (Å²) < 4.78 is 8.06. The predicted octanol–water partition coefficient (Wildman–Crippen LogP) is 4.85. The third-order valence-corrected chi connectivity index (χ3v) is 3.70. The van der Waals surface area contributed by atoms with Crippen LogP contribution in [0, 0.1) is 0 Å². The van der Waals surface area contributed by atoms with E-state index in [0.717, 1.165) is 21.7 Å². The molecule has 3 rings (SSSR count). The molecule has 0 aliphatic carbocycles. The fraction of sp³-hybridized carbons (Fsp3) is 0.235. The van der Waals surface area contributed by atoms with Crippen LogP contribution in [0.5, 0.6) is 5.75 Å². The van der Waals surface area contributed by atoms with Crippen LogP contribution in [0.2, 0.25) is 5.02 Å². The van der Waals surface area contributed by atoms with Crippen LogP contribution in [0.3, 0.4) is 0 Å². The van der Waals surface area contributed by atoms with Crippen LogP contribution < -0.4 is 4.74 Å². The molecule has 0 fully saturated rings. The first-order valence-electron chi connectivity index (χ1n) is 6.97. The summed E-state index contributed by atoms with van der Waals surface area (Å²) in [5.74, 6) is 0.768. The lowest BCUT2D eigenvalue weighted by Gasteiger charge is -2.08. The number of benzene rings is 1. The molecule has 0 saturated carbocycles. The second kappa shape index (κ2) is 5.78. The largest absolute Gasteiger partial charge is 0.487 e. The minimum atomic E-state index is 0.390. The summed E-state index contributed by atoms with van der Waals surface area (Å²) in [5, 5.41) is 1.88. The van der Waals surface area contributed by atoms with E-state index in [4.69, 9.17) is 16.3 Å². The molecule has 0 amide bonds. The topological polar surface area (TPSA) is 27.1 Å². The Hall–Kier alpha value is -2.00. The van der Waals surface area contributed by atoms with E-state index in [1.54, 1.807) is 12.4 Å². The number of fused-ring (bicyclic) bond motifs is 1. The highest BCUT2D eigenvalue weighted by molar-refractivity contribution is 6.31. The van der Waals surface area contributed by atoms with Crippen LogP contribution in [0.4, 0.5) is 0 Å². The Morgan fingerprint density at radius 3 is 2.86 bits per heavy atom. The molecule has 108 valence electrons. The number of ether oxygens (including phenoxy) is 1. The Bertz CT molecular complexity index is 750. The lowest BCUT2D eigenvalue weighted by Crippen LogP contribution is -1.98. The van der Waals surface area contributed by atoms with Crippen molar-refractivity contribution in [3.8, 4) is 5.75 Å². The maximum atomic E-state index is 6.14. The van der Waals surface area contributed by atoms with Gasteiger partial charge in [0.15, 0.2) is 0 Å². The van der Waals surface area contributed by atoms with Crippen LogP contribution in [0.1, 0.15) is 25.5 Å². The van der Waals surface area contributed by atoms with Gasteiger partial charge in [0.25, 0.3) is 0 Å². The number of hydrogen-bond acceptors (Lipinski definition) is 2. The molecule has 0 aliphatic heterocycles. The van der Waals surface area contributed by atoms with Crippen molar-refractivity contribution < 1.29 is 4.74 Å². The van der Waals surface area contributed by atoms with Crippen LogP contribution in [-0.4, -0.2) is 9.55 Å². The first-order valence-corrected chi connectivity index (χ1v) is 7.35. The van der Waals surface area contributed by atoms with E-state index in [1.807, 2.05) is 24.3 Å². The Morgan fingerprint density at radius 1 is 1.29 bits per heavy atom. The monoisotopic (exact) mass is 300 g/mol. The third kappa shape index (κ3) is 2.88. The fourth-order valence-corrected chi connectivity index (χ4v) is 2.61. The van der Waals surface area contributed by atoms with Gasteiger partial charge in [-0.15, -0.1) is 0 Å². The molecule has 0 bridgehead atoms. The van der Waals surface area contributed by atoms with Crippen molar-refractivity contribution in [3.05, 3.63) is 59.5 Å². The number of hydrogen-bond donors (Lipinski definition) is 0. The number of aromatic nitrogens is 2. The molecule has 0 atom stereocenters. The molecule has 1 aromatic carbocycles. The van der Waals surface area contributed by atoms with Crippen LogP contribution in [0.15, 0.2) is 48.9 Å². The second-order valence-corrected chi connectivity index (χ2v) is 5.73. The van der Waals surface area contributed by atoms with E-state index < -0.39 is 0 Å². The van der Waals surface area contributed by atoms with Crippen molar-refractivity contribution in [2.45, 2.75) is 26.5 Å². The van der Waals surface area contributed by atoms with Crippen molar-refractivity contribution in [2.75, 3.05) is 0 Å². The summed E-state index contributed by atoms with van der Waals surface area (Å²) in [6.45, 7) is 4.84. The van der Waals surface area contributed by atoms with Crippen molar-refractivity contribution in [3.63, 3.8) is 0 Å². The standard InChI is InChI=1S/C17H17ClN2O/c1-12(2)20-10-13(11-21-15-4-3-7-19-9-15)16-8-14(18)5-6-17(16)20/h3-10,12H,11H2,1-2H3. The summed E-state index contributed by atoms with van der Waals surface area (Å²) in [6.07, 6.45) is 5.59. The molecule has 3 aromatic rings. The van der Waals surface area contributed by atoms with Crippen LogP contribution in [0.25, 0.3) is 10.9 Å². The van der Waals surface area contributed by atoms with Gasteiger partial charge >= 0.3 is 0 Å². The molecule has 2 heterocycles. The van der Waals surface area contributed by atoms with Gasteiger partial charge < -0.3 is 9.30 Å². The maximum Gasteiger partial charge on any atom is 0.138 e. The summed E-state index contributed by atoms with van der Waals surface area (Å²) >= 11 is 6.14. The zero-order valence-corrected chi connectivity index (χ0v) is 12.8. The van der Waals surface area contributed by atoms with E-state index >= 15 is 0 Å². The summed E-state index contributed by atoms with van der Waals surface area (Å²) in [6, 6.07) is 10.1. The van der Waals surface area contributed by atoms with Crippen LogP contribution in [-0.2, 0) is 6.61 Å². The van der Waals surface area contributed by atoms with Gasteiger partial charge in [-0.25, -0.2) is 0 Å². The number of halogens is 1. The normalized spacial score (nSPS) is 11.2. The average molecular weight is 301 g/mol. The highest BCUT2D eigenvalue weighted by atomic mass is 35.5. The molecule has 2 aromatic heterocycles. The molecule has 4 heteroatoms. The van der Waals surface area contributed by atoms with E-state index in [0.29, 0.717) is 12.6 Å². The molecule has 3 nitrogen and oxygen atoms in total. The maximum absolute atomic E-state index is 6.14. The summed E-state index contributed by atoms with van der Waals surface area (Å²) in [7, 11) is 0. The first-order chi connectivity index (χ1) is 10.1. The van der Waals surface area contributed by atoms with Gasteiger partial charge in [-0.3, -0.25) is 4.98 Å². The van der Waals surface area contributed by atoms with Gasteiger partial charge in [-0.1, -0.05) is 11.6 Å². The van der Waals surface area contributed by atoms with Gasteiger partial charge in [0.1, 0.15) is 12.4 Å². The molecule has 0 unspecified atom stereocenters. The molecule has 0 spiro atoms. The van der Waals surface area contributed by atoms with Gasteiger partial charge in [-0.2, -0.15) is 0 Å². The molecule has 0 saturated heterocycles. The lowest BCUT2D eigenvalue weighted by atomic mass is 10.2. The Balaban J connectivity index is 1.96. The highest BCUT2D eigenvalue weighted by Crippen LogP contribution is 2.28. The Labute approximate surface area is 129 Å². The van der Waals surface area contributed by atoms with Gasteiger partial charge in [0, 0.05) is 39.9 Å². The van der Waals surface area contributed by atoms with Gasteiger partial charge in [-0.05, 0) is 44.2 Å². The molecule has 0 N–H and O–H groups in total. The quantitative estimate of drug-likeness (QED) is 0.688. The van der Waals surface area contributed by atoms with Crippen LogP contribution >= 0.6 is 11.6 Å². The first kappa shape index (κ1) is 14.0. The van der Waals surface area contributed by atoms with E-state index in [1.165, 1.54) is 5.52 Å². The minimum Gasteiger partial charge on any atom is -0.487 e. The van der Waals surface area contributed by atoms with Crippen molar-refractivity contribution in [1.29, 1.82) is 0 Å². The Kier molecular flexibility index (Phi) is 3.84. The average Bonchev–Trinajstić information content (AvgIpc) is 2.84. The van der Waals surface area contributed by atoms with Gasteiger partial charge in [0.2, 0.25) is 0 Å². The van der Waals surface area contributed by atoms with Gasteiger partial charge in [0.05, 0.1) is 6.20 Å². The number of nitrogens with zero attached hydrogens (tertiary/aromatic N) is 2. The number of pyridine rings is 1. The van der Waals surface area contributed by atoms with Crippen molar-refractivity contribution in [1.82, 2.24) is 9.55 Å². The third-order valence-electron chi connectivity index (χ3n) is 3.46. The second-order valence-electron chi connectivity index (χ2n) is 5.29. The molecule has 0 radical (unpaired) electrons. The van der Waals surface area contributed by atoms with E-state index in [-0.39, 0.29) is 0 Å². The van der Waals surface area contributed by atoms with Crippen molar-refractivity contribution >= 4 is 22.5 Å². The zero-order chi connectivity index (χ0) is 14.8. The molecular weight excluding hydrogens is 284 g/mol. The summed E-state index contributed by atoms with van der Waals surface area (Å²) in [5.41, 5.74) is 2.31. The van der Waals surface area contributed by atoms with Crippen molar-refractivity contribution in [2.24, 2.45) is 0 Å². The Morgan fingerprint density at radius 2 is 2.14 bits per heavy atom. The predicted molar refractivity (Wildman–Crippen MR) is 85.9 cm³/mol. The SMILES string of the molecule is CC(C)n1cc(COc2cccnc2)c2cc(Cl)ccc21. The molecule has 21 heavy (non-hydrogen) atoms. The summed E-state index contributed by atoms with van der Waals surface area (Å²) in [4.78, 5) is 4.06. The van der Waals surface area contributed by atoms with E-state index in [9.17, 15) is 0 Å². The molecular formula is C17H17ClN2O. The number of rotatable bonds is 4. The smallest absolute Gasteiger partial charge is 0.138 e. The minimum absolute atomic E-state index is 0.390. The highest BCUT2D eigenvalue weighted by Gasteiger charge is 2.11. The fourth-order valence-electron chi connectivity index (χ4n) is 2.43. The zero-order valence-electron chi connectivity index (χ0n) is 12.1. The lowest BCUT2D eigenvalue weighted by molar-refractivity contribution is 0.306. The molecule has 0 aliphatic rings.